The van der Waals surface area contributed by atoms with Crippen LogP contribution < -0.4 is 10.0 Å². The van der Waals surface area contributed by atoms with E-state index < -0.39 is 0 Å². The number of halogens is 1. The van der Waals surface area contributed by atoms with Crippen molar-refractivity contribution < 1.29 is 4.73 Å². The molecule has 4 nitrogen and oxygen atoms in total. The second-order valence-electron chi connectivity index (χ2n) is 3.12. The van der Waals surface area contributed by atoms with Gasteiger partial charge in [0.1, 0.15) is 10.0 Å². The lowest BCUT2D eigenvalue weighted by Crippen LogP contribution is -2.23. The molecule has 0 aliphatic carbocycles. The number of pyridine rings is 1. The van der Waals surface area contributed by atoms with Crippen LogP contribution in [-0.4, -0.2) is 11.5 Å². The number of nitrogens with zero attached hydrogens (tertiary/aromatic N) is 2. The summed E-state index contributed by atoms with van der Waals surface area (Å²) in [4.78, 5) is 4.21. The zero-order valence-electron chi connectivity index (χ0n) is 8.61. The van der Waals surface area contributed by atoms with Crippen LogP contribution in [0.3, 0.4) is 0 Å². The predicted molar refractivity (Wildman–Crippen MR) is 65.7 cm³/mol. The third kappa shape index (κ3) is 2.25. The maximum atomic E-state index is 11.1. The molecule has 0 radical (unpaired) electrons. The molecule has 0 aliphatic heterocycles. The van der Waals surface area contributed by atoms with Gasteiger partial charge in [-0.2, -0.15) is 4.73 Å². The Morgan fingerprint density at radius 2 is 2.44 bits per heavy atom. The second kappa shape index (κ2) is 4.67. The van der Waals surface area contributed by atoms with Gasteiger partial charge < -0.3 is 10.5 Å². The van der Waals surface area contributed by atoms with E-state index in [1.165, 1.54) is 23.7 Å². The quantitative estimate of drug-likeness (QED) is 0.677. The zero-order valence-corrected chi connectivity index (χ0v) is 10.2. The fraction of sp³-hybridized carbons (Fsp3) is 0.200. The second-order valence-corrected chi connectivity index (χ2v) is 4.48. The van der Waals surface area contributed by atoms with Gasteiger partial charge in [-0.1, -0.05) is 22.9 Å². The molecule has 2 heterocycles. The number of nitrogens with one attached hydrogen (secondary N) is 1. The normalized spacial score (nSPS) is 10.4. The Labute approximate surface area is 102 Å². The van der Waals surface area contributed by atoms with Crippen LogP contribution in [0.2, 0.25) is 5.15 Å². The van der Waals surface area contributed by atoms with E-state index >= 15 is 0 Å². The summed E-state index contributed by atoms with van der Waals surface area (Å²) in [6, 6.07) is 3.52. The van der Waals surface area contributed by atoms with Crippen molar-refractivity contribution in [2.75, 3.05) is 11.9 Å². The van der Waals surface area contributed by atoms with Crippen molar-refractivity contribution >= 4 is 27.9 Å². The molecule has 84 valence electrons. The van der Waals surface area contributed by atoms with E-state index in [9.17, 15) is 5.21 Å². The van der Waals surface area contributed by atoms with E-state index in [4.69, 9.17) is 11.6 Å². The number of aromatic nitrogens is 2. The predicted octanol–water partition coefficient (Wildman–Crippen LogP) is 2.53. The van der Waals surface area contributed by atoms with Crippen LogP contribution in [0.15, 0.2) is 24.5 Å². The van der Waals surface area contributed by atoms with Crippen molar-refractivity contribution in [3.63, 3.8) is 0 Å². The van der Waals surface area contributed by atoms with Crippen molar-refractivity contribution in [3.05, 3.63) is 34.9 Å². The van der Waals surface area contributed by atoms with Crippen molar-refractivity contribution in [2.24, 2.45) is 0 Å². The van der Waals surface area contributed by atoms with Crippen LogP contribution in [0.4, 0.5) is 5.00 Å². The van der Waals surface area contributed by atoms with Gasteiger partial charge in [0.15, 0.2) is 17.5 Å². The van der Waals surface area contributed by atoms with E-state index in [1.54, 1.807) is 6.07 Å². The first-order valence-electron chi connectivity index (χ1n) is 4.80. The fourth-order valence-corrected chi connectivity index (χ4v) is 2.51. The number of hydrogen-bond donors (Lipinski definition) is 1. The van der Waals surface area contributed by atoms with Crippen LogP contribution in [0.5, 0.6) is 0 Å². The Morgan fingerprint density at radius 1 is 1.62 bits per heavy atom. The summed E-state index contributed by atoms with van der Waals surface area (Å²) in [7, 11) is 0. The molecule has 0 atom stereocenters. The SMILES string of the molecule is CCNc1sc(-c2ccc[n+]([O-])c2)nc1Cl. The van der Waals surface area contributed by atoms with Crippen molar-refractivity contribution in [1.82, 2.24) is 4.98 Å². The van der Waals surface area contributed by atoms with E-state index in [0.717, 1.165) is 26.8 Å². The molecule has 0 bridgehead atoms. The average Bonchev–Trinajstić information content (AvgIpc) is 2.61. The highest BCUT2D eigenvalue weighted by molar-refractivity contribution is 7.19. The molecule has 0 fully saturated rings. The summed E-state index contributed by atoms with van der Waals surface area (Å²) >= 11 is 7.40. The van der Waals surface area contributed by atoms with Crippen LogP contribution >= 0.6 is 22.9 Å². The molecule has 0 amide bonds. The number of rotatable bonds is 3. The number of thiazole rings is 1. The Balaban J connectivity index is 2.37. The largest absolute Gasteiger partial charge is 0.619 e. The summed E-state index contributed by atoms with van der Waals surface area (Å²) in [5.74, 6) is 0. The van der Waals surface area contributed by atoms with Gasteiger partial charge in [0, 0.05) is 12.6 Å². The van der Waals surface area contributed by atoms with E-state index in [-0.39, 0.29) is 0 Å². The van der Waals surface area contributed by atoms with Crippen LogP contribution in [0, 0.1) is 5.21 Å². The molecular formula is C10H10ClN3OS. The minimum Gasteiger partial charge on any atom is -0.619 e. The van der Waals surface area contributed by atoms with E-state index in [2.05, 4.69) is 10.3 Å². The fourth-order valence-electron chi connectivity index (χ4n) is 1.28. The lowest BCUT2D eigenvalue weighted by Gasteiger charge is -1.97. The van der Waals surface area contributed by atoms with Gasteiger partial charge in [0.05, 0.1) is 5.56 Å². The Bertz CT molecular complexity index is 501. The summed E-state index contributed by atoms with van der Waals surface area (Å²) in [6.45, 7) is 2.78. The number of hydrogen-bond acceptors (Lipinski definition) is 4. The summed E-state index contributed by atoms with van der Waals surface area (Å²) < 4.78 is 0.748. The minimum absolute atomic E-state index is 0.447. The van der Waals surface area contributed by atoms with Gasteiger partial charge >= 0.3 is 0 Å². The van der Waals surface area contributed by atoms with Gasteiger partial charge in [0.25, 0.3) is 0 Å². The van der Waals surface area contributed by atoms with E-state index in [0.29, 0.717) is 5.15 Å². The summed E-state index contributed by atoms with van der Waals surface area (Å²) in [6.07, 6.45) is 2.91. The lowest BCUT2D eigenvalue weighted by atomic mass is 10.3. The monoisotopic (exact) mass is 255 g/mol. The van der Waals surface area contributed by atoms with Crippen molar-refractivity contribution in [1.29, 1.82) is 0 Å². The first-order chi connectivity index (χ1) is 7.70. The highest BCUT2D eigenvalue weighted by Gasteiger charge is 2.11. The molecule has 16 heavy (non-hydrogen) atoms. The first kappa shape index (κ1) is 11.2. The molecular weight excluding hydrogens is 246 g/mol. The molecule has 2 aromatic heterocycles. The molecule has 0 saturated heterocycles. The molecule has 2 aromatic rings. The van der Waals surface area contributed by atoms with Crippen LogP contribution in [-0.2, 0) is 0 Å². The molecule has 0 spiro atoms. The third-order valence-electron chi connectivity index (χ3n) is 1.95. The molecule has 2 rings (SSSR count). The van der Waals surface area contributed by atoms with Gasteiger partial charge in [-0.15, -0.1) is 0 Å². The standard InChI is InChI=1S/C10H10ClN3OS/c1-2-12-10-8(11)13-9(16-10)7-4-3-5-14(15)6-7/h3-6,12H,2H2,1H3. The number of anilines is 1. The van der Waals surface area contributed by atoms with Crippen molar-refractivity contribution in [2.45, 2.75) is 6.92 Å². The van der Waals surface area contributed by atoms with E-state index in [1.807, 2.05) is 13.0 Å². The van der Waals surface area contributed by atoms with Crippen molar-refractivity contribution in [3.8, 4) is 10.6 Å². The molecule has 0 unspecified atom stereocenters. The molecule has 0 aliphatic rings. The Kier molecular flexibility index (Phi) is 3.26. The average molecular weight is 256 g/mol. The summed E-state index contributed by atoms with van der Waals surface area (Å²) in [5, 5.41) is 16.3. The molecule has 1 N–H and O–H groups in total. The molecule has 0 saturated carbocycles. The Morgan fingerprint density at radius 3 is 3.12 bits per heavy atom. The van der Waals surface area contributed by atoms with Gasteiger partial charge in [-0.25, -0.2) is 4.98 Å². The van der Waals surface area contributed by atoms with Gasteiger partial charge in [0.2, 0.25) is 0 Å². The highest BCUT2D eigenvalue weighted by atomic mass is 35.5. The van der Waals surface area contributed by atoms with Gasteiger partial charge in [-0.3, -0.25) is 0 Å². The third-order valence-corrected chi connectivity index (χ3v) is 3.39. The lowest BCUT2D eigenvalue weighted by molar-refractivity contribution is -0.604. The maximum absolute atomic E-state index is 11.1. The van der Waals surface area contributed by atoms with Gasteiger partial charge in [-0.05, 0) is 13.0 Å². The smallest absolute Gasteiger partial charge is 0.190 e. The summed E-state index contributed by atoms with van der Waals surface area (Å²) in [5.41, 5.74) is 0.772. The minimum atomic E-state index is 0.447. The molecule has 0 aromatic carbocycles. The highest BCUT2D eigenvalue weighted by Crippen LogP contribution is 2.34. The molecule has 6 heteroatoms. The van der Waals surface area contributed by atoms with Crippen LogP contribution in [0.25, 0.3) is 10.6 Å². The van der Waals surface area contributed by atoms with Crippen LogP contribution in [0.1, 0.15) is 6.92 Å². The topological polar surface area (TPSA) is 51.9 Å². The first-order valence-corrected chi connectivity index (χ1v) is 5.99. The Hall–Kier alpha value is -1.33. The maximum Gasteiger partial charge on any atom is 0.190 e. The zero-order chi connectivity index (χ0) is 11.5.